The van der Waals surface area contributed by atoms with Crippen LogP contribution in [-0.4, -0.2) is 29.1 Å². The van der Waals surface area contributed by atoms with Crippen molar-refractivity contribution in [2.45, 2.75) is 25.3 Å². The van der Waals surface area contributed by atoms with Crippen molar-refractivity contribution < 1.29 is 24.0 Å². The fourth-order valence-electron chi connectivity index (χ4n) is 6.47. The maximum absolute atomic E-state index is 14.2. The van der Waals surface area contributed by atoms with Crippen LogP contribution in [0.2, 0.25) is 0 Å². The maximum atomic E-state index is 14.2. The van der Waals surface area contributed by atoms with Crippen molar-refractivity contribution in [3.05, 3.63) is 105 Å². The van der Waals surface area contributed by atoms with E-state index in [2.05, 4.69) is 0 Å². The number of Topliss-reactive ketones (excluding diaryl/α,β-unsaturated/α-hetero) is 1. The molecule has 0 aromatic heterocycles. The van der Waals surface area contributed by atoms with Gasteiger partial charge in [-0.2, -0.15) is 0 Å². The van der Waals surface area contributed by atoms with Gasteiger partial charge in [0, 0.05) is 27.5 Å². The summed E-state index contributed by atoms with van der Waals surface area (Å²) in [5.74, 6) is -3.84. The molecule has 0 N–H and O–H groups in total. The predicted octanol–water partition coefficient (Wildman–Crippen LogP) is 4.07. The minimum atomic E-state index is -1.90. The van der Waals surface area contributed by atoms with Crippen LogP contribution in [0.5, 0.6) is 5.75 Å². The molecule has 8 nitrogen and oxygen atoms in total. The largest absolute Gasteiger partial charge is 0.492 e. The van der Waals surface area contributed by atoms with Gasteiger partial charge in [0.2, 0.25) is 11.8 Å². The number of ketones is 1. The first kappa shape index (κ1) is 22.2. The fourth-order valence-corrected chi connectivity index (χ4v) is 6.47. The molecule has 2 amide bonds. The van der Waals surface area contributed by atoms with Gasteiger partial charge in [-0.25, -0.2) is 4.90 Å². The summed E-state index contributed by atoms with van der Waals surface area (Å²) in [5.41, 5.74) is 0.829. The van der Waals surface area contributed by atoms with Gasteiger partial charge in [0.25, 0.3) is 5.54 Å². The number of hydrogen-bond acceptors (Lipinski definition) is 6. The lowest BCUT2D eigenvalue weighted by Crippen LogP contribution is -2.57. The highest BCUT2D eigenvalue weighted by Gasteiger charge is 2.75. The summed E-state index contributed by atoms with van der Waals surface area (Å²) in [7, 11) is 0. The van der Waals surface area contributed by atoms with Gasteiger partial charge in [-0.05, 0) is 43.2 Å². The molecule has 8 heteroatoms. The number of amides is 2. The van der Waals surface area contributed by atoms with E-state index in [0.717, 1.165) is 4.90 Å². The Morgan fingerprint density at radius 1 is 1.00 bits per heavy atom. The molecule has 3 aromatic rings. The lowest BCUT2D eigenvalue weighted by Gasteiger charge is -2.48. The Bertz CT molecular complexity index is 1450. The summed E-state index contributed by atoms with van der Waals surface area (Å²) in [5, 5.41) is 13.1. The van der Waals surface area contributed by atoms with Crippen LogP contribution in [0.3, 0.4) is 0 Å². The minimum Gasteiger partial charge on any atom is -0.492 e. The lowest BCUT2D eigenvalue weighted by molar-refractivity contribution is -0.578. The van der Waals surface area contributed by atoms with Crippen LogP contribution in [0.1, 0.15) is 52.4 Å². The van der Waals surface area contributed by atoms with Gasteiger partial charge in [0.05, 0.1) is 18.2 Å². The van der Waals surface area contributed by atoms with Crippen molar-refractivity contribution in [3.63, 3.8) is 0 Å². The first-order chi connectivity index (χ1) is 17.3. The van der Waals surface area contributed by atoms with E-state index in [1.54, 1.807) is 55.5 Å². The normalized spacial score (nSPS) is 25.3. The van der Waals surface area contributed by atoms with Crippen molar-refractivity contribution in [3.8, 4) is 5.75 Å². The van der Waals surface area contributed by atoms with Crippen LogP contribution < -0.4 is 9.64 Å². The van der Waals surface area contributed by atoms with Gasteiger partial charge < -0.3 is 4.74 Å². The zero-order valence-corrected chi connectivity index (χ0v) is 19.6. The van der Waals surface area contributed by atoms with Crippen LogP contribution in [0.4, 0.5) is 5.69 Å². The molecule has 4 aliphatic rings. The van der Waals surface area contributed by atoms with Crippen molar-refractivity contribution in [1.82, 2.24) is 0 Å². The van der Waals surface area contributed by atoms with E-state index in [4.69, 9.17) is 4.74 Å². The SMILES string of the molecule is CCOc1ccc(C(C)=O)cc1N1C(=O)[C@@H]2C3c4ccccc4C([N+](=O)[O-])(c4ccccc43)[C@H]2C1=O. The van der Waals surface area contributed by atoms with E-state index in [1.807, 2.05) is 12.1 Å². The Hall–Kier alpha value is -4.33. The van der Waals surface area contributed by atoms with Crippen molar-refractivity contribution in [1.29, 1.82) is 0 Å². The first-order valence-electron chi connectivity index (χ1n) is 11.8. The van der Waals surface area contributed by atoms with Gasteiger partial charge in [-0.3, -0.25) is 24.5 Å². The molecule has 0 spiro atoms. The number of imide groups is 1. The molecule has 1 aliphatic heterocycles. The molecule has 1 saturated heterocycles. The summed E-state index contributed by atoms with van der Waals surface area (Å²) in [6, 6.07) is 18.7. The molecule has 7 rings (SSSR count). The Morgan fingerprint density at radius 2 is 1.61 bits per heavy atom. The number of hydrogen-bond donors (Lipinski definition) is 0. The van der Waals surface area contributed by atoms with Crippen molar-refractivity contribution in [2.75, 3.05) is 11.5 Å². The summed E-state index contributed by atoms with van der Waals surface area (Å²) in [6.07, 6.45) is 0. The van der Waals surface area contributed by atoms with Crippen LogP contribution in [0.15, 0.2) is 66.7 Å². The van der Waals surface area contributed by atoms with Gasteiger partial charge in [-0.15, -0.1) is 0 Å². The van der Waals surface area contributed by atoms with Crippen LogP contribution in [0.25, 0.3) is 0 Å². The molecule has 0 unspecified atom stereocenters. The summed E-state index contributed by atoms with van der Waals surface area (Å²) in [4.78, 5) is 54.1. The maximum Gasteiger partial charge on any atom is 0.285 e. The van der Waals surface area contributed by atoms with Crippen LogP contribution in [-0.2, 0) is 15.1 Å². The molecule has 0 saturated carbocycles. The topological polar surface area (TPSA) is 107 Å². The number of ether oxygens (including phenoxy) is 1. The number of carbonyl (C=O) groups is 3. The Labute approximate surface area is 206 Å². The highest BCUT2D eigenvalue weighted by molar-refractivity contribution is 6.24. The third-order valence-corrected chi connectivity index (χ3v) is 7.77. The highest BCUT2D eigenvalue weighted by Crippen LogP contribution is 2.64. The first-order valence-corrected chi connectivity index (χ1v) is 11.8. The average molecular weight is 482 g/mol. The number of nitro groups is 1. The second kappa shape index (κ2) is 7.58. The average Bonchev–Trinajstić information content (AvgIpc) is 3.14. The number of rotatable bonds is 5. The number of nitrogens with zero attached hydrogens (tertiary/aromatic N) is 2. The highest BCUT2D eigenvalue weighted by atomic mass is 16.6. The fraction of sp³-hybridized carbons (Fsp3) is 0.250. The van der Waals surface area contributed by atoms with Gasteiger partial charge in [0.1, 0.15) is 11.7 Å². The predicted molar refractivity (Wildman–Crippen MR) is 130 cm³/mol. The van der Waals surface area contributed by atoms with E-state index in [-0.39, 0.29) is 23.8 Å². The smallest absolute Gasteiger partial charge is 0.285 e. The molecule has 3 aliphatic carbocycles. The summed E-state index contributed by atoms with van der Waals surface area (Å²) in [6.45, 7) is 3.43. The van der Waals surface area contributed by atoms with E-state index in [9.17, 15) is 24.5 Å². The van der Waals surface area contributed by atoms with Crippen LogP contribution >= 0.6 is 0 Å². The van der Waals surface area contributed by atoms with Crippen LogP contribution in [0, 0.1) is 22.0 Å². The van der Waals surface area contributed by atoms with E-state index in [0.29, 0.717) is 27.8 Å². The zero-order valence-electron chi connectivity index (χ0n) is 19.6. The van der Waals surface area contributed by atoms with E-state index < -0.39 is 40.0 Å². The standard InChI is InChI=1S/C28H22N2O6/c1-3-36-22-13-12-16(15(2)31)14-21(22)29-26(32)24-23-17-8-4-6-10-19(17)28(30(34)35,25(24)27(29)33)20-11-7-5-9-18(20)23/h4-14,23-25H,3H2,1-2H3/t23?,24-,25-,28?/m1/s1. The Kier molecular flexibility index (Phi) is 4.67. The molecule has 3 aromatic carbocycles. The molecular formula is C28H22N2O6. The Morgan fingerprint density at radius 3 is 2.17 bits per heavy atom. The monoisotopic (exact) mass is 482 g/mol. The molecule has 0 radical (unpaired) electrons. The third-order valence-electron chi connectivity index (χ3n) is 7.77. The lowest BCUT2D eigenvalue weighted by atomic mass is 9.51. The molecular weight excluding hydrogens is 460 g/mol. The van der Waals surface area contributed by atoms with Gasteiger partial charge in [-0.1, -0.05) is 48.5 Å². The molecule has 36 heavy (non-hydrogen) atoms. The molecule has 2 bridgehead atoms. The second-order valence-electron chi connectivity index (χ2n) is 9.36. The van der Waals surface area contributed by atoms with E-state index >= 15 is 0 Å². The minimum absolute atomic E-state index is 0.139. The van der Waals surface area contributed by atoms with E-state index in [1.165, 1.54) is 13.0 Å². The third kappa shape index (κ3) is 2.56. The quantitative estimate of drug-likeness (QED) is 0.235. The molecule has 1 heterocycles. The van der Waals surface area contributed by atoms with Gasteiger partial charge >= 0.3 is 0 Å². The zero-order chi connectivity index (χ0) is 25.4. The number of benzene rings is 3. The molecule has 1 fully saturated rings. The second-order valence-corrected chi connectivity index (χ2v) is 9.36. The molecule has 2 atom stereocenters. The van der Waals surface area contributed by atoms with Crippen molar-refractivity contribution in [2.24, 2.45) is 11.8 Å². The van der Waals surface area contributed by atoms with Gasteiger partial charge in [0.15, 0.2) is 5.78 Å². The molecule has 180 valence electrons. The summed E-state index contributed by atoms with van der Waals surface area (Å²) >= 11 is 0. The Balaban J connectivity index is 1.63. The van der Waals surface area contributed by atoms with Crippen molar-refractivity contribution >= 4 is 23.3 Å². The number of anilines is 1. The summed E-state index contributed by atoms with van der Waals surface area (Å²) < 4.78 is 5.71. The number of carbonyl (C=O) groups excluding carboxylic acids is 3.